The van der Waals surface area contributed by atoms with Crippen molar-refractivity contribution in [2.75, 3.05) is 11.4 Å². The van der Waals surface area contributed by atoms with Crippen LogP contribution in [0.25, 0.3) is 0 Å². The highest BCUT2D eigenvalue weighted by Crippen LogP contribution is 2.49. The highest BCUT2D eigenvalue weighted by atomic mass is 16.6. The van der Waals surface area contributed by atoms with Gasteiger partial charge in [-0.2, -0.15) is 0 Å². The van der Waals surface area contributed by atoms with Gasteiger partial charge in [0, 0.05) is 25.5 Å². The number of carbonyl (C=O) groups is 1. The standard InChI is InChI=1S/C12H12N2O4/c1-2-13-9-4-3-8(14(16)17)7-10(9)18-12(5-6-12)11(13)15/h3-4,7H,2,5-6H2,1H3. The minimum absolute atomic E-state index is 0.0186. The van der Waals surface area contributed by atoms with E-state index >= 15 is 0 Å². The normalized spacial score (nSPS) is 19.4. The number of likely N-dealkylation sites (N-methyl/N-ethyl adjacent to an activating group) is 1. The van der Waals surface area contributed by atoms with Gasteiger partial charge in [-0.3, -0.25) is 14.9 Å². The van der Waals surface area contributed by atoms with Gasteiger partial charge in [-0.05, 0) is 13.0 Å². The van der Waals surface area contributed by atoms with Crippen LogP contribution in [0, 0.1) is 10.1 Å². The van der Waals surface area contributed by atoms with Gasteiger partial charge in [-0.15, -0.1) is 0 Å². The quantitative estimate of drug-likeness (QED) is 0.591. The fourth-order valence-corrected chi connectivity index (χ4v) is 2.27. The van der Waals surface area contributed by atoms with E-state index in [1.165, 1.54) is 12.1 Å². The third kappa shape index (κ3) is 1.38. The minimum atomic E-state index is -0.752. The van der Waals surface area contributed by atoms with Crippen molar-refractivity contribution in [3.8, 4) is 5.75 Å². The number of fused-ring (bicyclic) bond motifs is 1. The summed E-state index contributed by atoms with van der Waals surface area (Å²) in [7, 11) is 0. The number of non-ortho nitro benzene ring substituents is 1. The van der Waals surface area contributed by atoms with Crippen molar-refractivity contribution < 1.29 is 14.5 Å². The minimum Gasteiger partial charge on any atom is -0.475 e. The predicted octanol–water partition coefficient (Wildman–Crippen LogP) is 1.87. The number of anilines is 1. The zero-order chi connectivity index (χ0) is 12.9. The van der Waals surface area contributed by atoms with E-state index in [1.54, 1.807) is 11.0 Å². The van der Waals surface area contributed by atoms with E-state index in [1.807, 2.05) is 6.92 Å². The van der Waals surface area contributed by atoms with Crippen molar-refractivity contribution in [3.63, 3.8) is 0 Å². The van der Waals surface area contributed by atoms with Gasteiger partial charge in [0.05, 0.1) is 16.7 Å². The molecule has 1 spiro atoms. The van der Waals surface area contributed by atoms with Crippen molar-refractivity contribution in [2.24, 2.45) is 0 Å². The van der Waals surface area contributed by atoms with Crippen LogP contribution in [0.3, 0.4) is 0 Å². The number of nitro groups is 1. The Hall–Kier alpha value is -2.11. The van der Waals surface area contributed by atoms with E-state index in [9.17, 15) is 14.9 Å². The lowest BCUT2D eigenvalue weighted by Crippen LogP contribution is -2.47. The van der Waals surface area contributed by atoms with Crippen molar-refractivity contribution >= 4 is 17.3 Å². The lowest BCUT2D eigenvalue weighted by Gasteiger charge is -2.33. The van der Waals surface area contributed by atoms with E-state index in [4.69, 9.17) is 4.74 Å². The summed E-state index contributed by atoms with van der Waals surface area (Å²) in [5, 5.41) is 10.7. The number of benzene rings is 1. The summed E-state index contributed by atoms with van der Waals surface area (Å²) >= 11 is 0. The molecular weight excluding hydrogens is 236 g/mol. The second-order valence-electron chi connectivity index (χ2n) is 4.55. The molecule has 6 heteroatoms. The second-order valence-corrected chi connectivity index (χ2v) is 4.55. The average Bonchev–Trinajstić information content (AvgIpc) is 3.11. The molecule has 1 heterocycles. The molecule has 1 aliphatic heterocycles. The largest absolute Gasteiger partial charge is 0.475 e. The van der Waals surface area contributed by atoms with Crippen molar-refractivity contribution in [3.05, 3.63) is 28.3 Å². The third-order valence-electron chi connectivity index (χ3n) is 3.41. The predicted molar refractivity (Wildman–Crippen MR) is 63.7 cm³/mol. The summed E-state index contributed by atoms with van der Waals surface area (Å²) in [5.74, 6) is 0.398. The van der Waals surface area contributed by atoms with Gasteiger partial charge in [0.15, 0.2) is 11.4 Å². The smallest absolute Gasteiger partial charge is 0.273 e. The fraction of sp³-hybridized carbons (Fsp3) is 0.417. The number of ether oxygens (including phenoxy) is 1. The molecule has 1 saturated carbocycles. The summed E-state index contributed by atoms with van der Waals surface area (Å²) in [6.07, 6.45) is 1.37. The molecule has 18 heavy (non-hydrogen) atoms. The van der Waals surface area contributed by atoms with Gasteiger partial charge in [0.1, 0.15) is 0 Å². The molecule has 0 saturated heterocycles. The van der Waals surface area contributed by atoms with Crippen LogP contribution in [0.2, 0.25) is 0 Å². The van der Waals surface area contributed by atoms with Crippen molar-refractivity contribution in [2.45, 2.75) is 25.4 Å². The SMILES string of the molecule is CCN1C(=O)C2(CC2)Oc2cc([N+](=O)[O-])ccc21. The van der Waals surface area contributed by atoms with Crippen LogP contribution in [0.1, 0.15) is 19.8 Å². The summed E-state index contributed by atoms with van der Waals surface area (Å²) in [6.45, 7) is 2.42. The van der Waals surface area contributed by atoms with Gasteiger partial charge < -0.3 is 9.64 Å². The third-order valence-corrected chi connectivity index (χ3v) is 3.41. The molecule has 1 aromatic carbocycles. The number of nitro benzene ring substituents is 1. The summed E-state index contributed by atoms with van der Waals surface area (Å²) in [4.78, 5) is 24.1. The van der Waals surface area contributed by atoms with E-state index in [2.05, 4.69) is 0 Å². The Kier molecular flexibility index (Phi) is 2.10. The molecule has 0 radical (unpaired) electrons. The first kappa shape index (κ1) is 11.0. The van der Waals surface area contributed by atoms with Crippen LogP contribution < -0.4 is 9.64 Å². The Morgan fingerprint density at radius 2 is 2.22 bits per heavy atom. The van der Waals surface area contributed by atoms with Gasteiger partial charge in [-0.25, -0.2) is 0 Å². The van der Waals surface area contributed by atoms with Gasteiger partial charge >= 0.3 is 0 Å². The molecule has 94 valence electrons. The second kappa shape index (κ2) is 3.44. The van der Waals surface area contributed by atoms with Gasteiger partial charge in [0.25, 0.3) is 11.6 Å². The van der Waals surface area contributed by atoms with Gasteiger partial charge in [0.2, 0.25) is 0 Å². The first-order valence-corrected chi connectivity index (χ1v) is 5.87. The molecule has 3 rings (SSSR count). The molecular formula is C12H12N2O4. The highest BCUT2D eigenvalue weighted by molar-refractivity contribution is 6.04. The molecule has 1 aliphatic carbocycles. The molecule has 6 nitrogen and oxygen atoms in total. The Labute approximate surface area is 103 Å². The number of hydrogen-bond acceptors (Lipinski definition) is 4. The fourth-order valence-electron chi connectivity index (χ4n) is 2.27. The molecule has 2 aliphatic rings. The molecule has 1 aromatic rings. The van der Waals surface area contributed by atoms with Crippen LogP contribution in [-0.4, -0.2) is 23.0 Å². The van der Waals surface area contributed by atoms with E-state index in [-0.39, 0.29) is 11.6 Å². The Morgan fingerprint density at radius 3 is 2.78 bits per heavy atom. The maximum Gasteiger partial charge on any atom is 0.273 e. The maximum absolute atomic E-state index is 12.2. The number of rotatable bonds is 2. The number of amides is 1. The van der Waals surface area contributed by atoms with Crippen LogP contribution in [0.15, 0.2) is 18.2 Å². The lowest BCUT2D eigenvalue weighted by molar-refractivity contribution is -0.384. The van der Waals surface area contributed by atoms with Crippen molar-refractivity contribution in [1.29, 1.82) is 0 Å². The Morgan fingerprint density at radius 1 is 1.50 bits per heavy atom. The maximum atomic E-state index is 12.2. The van der Waals surface area contributed by atoms with Crippen LogP contribution in [0.4, 0.5) is 11.4 Å². The van der Waals surface area contributed by atoms with E-state index in [0.29, 0.717) is 30.8 Å². The molecule has 1 amide bonds. The molecule has 0 N–H and O–H groups in total. The Balaban J connectivity index is 2.10. The molecule has 1 fully saturated rings. The summed E-state index contributed by atoms with van der Waals surface area (Å²) < 4.78 is 5.67. The first-order valence-electron chi connectivity index (χ1n) is 5.87. The summed E-state index contributed by atoms with van der Waals surface area (Å²) in [6, 6.07) is 4.36. The average molecular weight is 248 g/mol. The van der Waals surface area contributed by atoms with E-state index in [0.717, 1.165) is 0 Å². The molecule has 0 aromatic heterocycles. The lowest BCUT2D eigenvalue weighted by atomic mass is 10.1. The number of carbonyl (C=O) groups excluding carboxylic acids is 1. The van der Waals surface area contributed by atoms with Gasteiger partial charge in [-0.1, -0.05) is 0 Å². The number of hydrogen-bond donors (Lipinski definition) is 0. The first-order chi connectivity index (χ1) is 8.57. The zero-order valence-corrected chi connectivity index (χ0v) is 9.88. The van der Waals surface area contributed by atoms with Crippen LogP contribution >= 0.6 is 0 Å². The zero-order valence-electron chi connectivity index (χ0n) is 9.88. The molecule has 0 unspecified atom stereocenters. The van der Waals surface area contributed by atoms with E-state index < -0.39 is 10.5 Å². The van der Waals surface area contributed by atoms with Crippen molar-refractivity contribution in [1.82, 2.24) is 0 Å². The van der Waals surface area contributed by atoms with Crippen LogP contribution in [-0.2, 0) is 4.79 Å². The topological polar surface area (TPSA) is 72.7 Å². The Bertz CT molecular complexity index is 551. The molecule has 0 bridgehead atoms. The number of nitrogens with zero attached hydrogens (tertiary/aromatic N) is 2. The van der Waals surface area contributed by atoms with Crippen LogP contribution in [0.5, 0.6) is 5.75 Å². The highest BCUT2D eigenvalue weighted by Gasteiger charge is 2.57. The summed E-state index contributed by atoms with van der Waals surface area (Å²) in [5.41, 5.74) is -0.154. The molecule has 0 atom stereocenters. The monoisotopic (exact) mass is 248 g/mol.